The molecule has 108 valence electrons. The van der Waals surface area contributed by atoms with E-state index in [4.69, 9.17) is 0 Å². The molecule has 21 heavy (non-hydrogen) atoms. The van der Waals surface area contributed by atoms with Crippen LogP contribution in [0.15, 0.2) is 66.3 Å². The molecule has 2 aromatic rings. The monoisotopic (exact) mass is 280 g/mol. The van der Waals surface area contributed by atoms with Crippen LogP contribution >= 0.6 is 0 Å². The van der Waals surface area contributed by atoms with E-state index in [-0.39, 0.29) is 0 Å². The summed E-state index contributed by atoms with van der Waals surface area (Å²) in [6, 6.07) is 14.3. The van der Waals surface area contributed by atoms with Crippen LogP contribution in [0.1, 0.15) is 5.56 Å². The highest BCUT2D eigenvalue weighted by molar-refractivity contribution is 5.79. The van der Waals surface area contributed by atoms with Gasteiger partial charge in [-0.1, -0.05) is 30.3 Å². The molecule has 0 amide bonds. The molecular weight excluding hydrogens is 260 g/mol. The predicted molar refractivity (Wildman–Crippen MR) is 88.1 cm³/mol. The third-order valence-corrected chi connectivity index (χ3v) is 2.99. The van der Waals surface area contributed by atoms with Gasteiger partial charge in [0.25, 0.3) is 0 Å². The molecule has 1 aromatic heterocycles. The molecule has 2 rings (SSSR count). The first kappa shape index (κ1) is 14.8. The first-order chi connectivity index (χ1) is 10.3. The fraction of sp³-hybridized carbons (Fsp3) is 0.176. The minimum absolute atomic E-state index is 0.688. The Hall–Kier alpha value is -2.62. The van der Waals surface area contributed by atoms with Crippen molar-refractivity contribution >= 4 is 5.96 Å². The Labute approximate surface area is 125 Å². The van der Waals surface area contributed by atoms with Crippen LogP contribution in [0.2, 0.25) is 0 Å². The van der Waals surface area contributed by atoms with Gasteiger partial charge in [0.1, 0.15) is 0 Å². The van der Waals surface area contributed by atoms with Crippen LogP contribution in [-0.2, 0) is 6.54 Å². The Morgan fingerprint density at radius 1 is 1.24 bits per heavy atom. The average Bonchev–Trinajstić information content (AvgIpc) is 2.56. The number of aliphatic imine (C=N–C) groups is 1. The van der Waals surface area contributed by atoms with Gasteiger partial charge in [-0.15, -0.1) is 6.58 Å². The van der Waals surface area contributed by atoms with Crippen molar-refractivity contribution in [3.63, 3.8) is 0 Å². The number of hydrogen-bond acceptors (Lipinski definition) is 2. The van der Waals surface area contributed by atoms with Crippen molar-refractivity contribution in [1.29, 1.82) is 0 Å². The zero-order chi connectivity index (χ0) is 14.9. The molecule has 0 atom stereocenters. The second-order valence-corrected chi connectivity index (χ2v) is 4.51. The molecule has 0 saturated heterocycles. The van der Waals surface area contributed by atoms with Crippen molar-refractivity contribution in [3.05, 3.63) is 66.9 Å². The summed E-state index contributed by atoms with van der Waals surface area (Å²) < 4.78 is 0. The topological polar surface area (TPSA) is 49.3 Å². The third-order valence-electron chi connectivity index (χ3n) is 2.99. The summed E-state index contributed by atoms with van der Waals surface area (Å²) in [5.74, 6) is 0.762. The molecule has 0 bridgehead atoms. The molecule has 0 aliphatic carbocycles. The van der Waals surface area contributed by atoms with E-state index in [9.17, 15) is 0 Å². The molecule has 0 radical (unpaired) electrons. The van der Waals surface area contributed by atoms with E-state index in [1.807, 2.05) is 24.3 Å². The number of benzene rings is 1. The second-order valence-electron chi connectivity index (χ2n) is 4.51. The number of rotatable bonds is 5. The van der Waals surface area contributed by atoms with Crippen molar-refractivity contribution in [2.75, 3.05) is 13.6 Å². The molecule has 1 heterocycles. The van der Waals surface area contributed by atoms with E-state index in [0.717, 1.165) is 17.2 Å². The number of nitrogens with one attached hydrogen (secondary N) is 2. The number of hydrogen-bond donors (Lipinski definition) is 2. The van der Waals surface area contributed by atoms with Gasteiger partial charge in [0.05, 0.1) is 5.69 Å². The molecule has 4 heteroatoms. The van der Waals surface area contributed by atoms with Crippen LogP contribution in [0.25, 0.3) is 11.3 Å². The molecular formula is C17H20N4. The summed E-state index contributed by atoms with van der Waals surface area (Å²) in [5, 5.41) is 6.41. The maximum Gasteiger partial charge on any atom is 0.191 e. The van der Waals surface area contributed by atoms with Gasteiger partial charge in [-0.2, -0.15) is 0 Å². The van der Waals surface area contributed by atoms with Crippen molar-refractivity contribution in [2.45, 2.75) is 6.54 Å². The number of aromatic nitrogens is 1. The first-order valence-corrected chi connectivity index (χ1v) is 6.89. The molecule has 0 aliphatic rings. The third kappa shape index (κ3) is 4.45. The summed E-state index contributed by atoms with van der Waals surface area (Å²) >= 11 is 0. The molecule has 4 nitrogen and oxygen atoms in total. The molecule has 0 aliphatic heterocycles. The van der Waals surface area contributed by atoms with Gasteiger partial charge >= 0.3 is 0 Å². The Kier molecular flexibility index (Phi) is 5.52. The van der Waals surface area contributed by atoms with Crippen LogP contribution < -0.4 is 10.6 Å². The molecule has 1 aromatic carbocycles. The summed E-state index contributed by atoms with van der Waals surface area (Å²) in [7, 11) is 1.75. The van der Waals surface area contributed by atoms with Gasteiger partial charge in [-0.25, -0.2) is 0 Å². The summed E-state index contributed by atoms with van der Waals surface area (Å²) in [5.41, 5.74) is 3.28. The van der Waals surface area contributed by atoms with Crippen LogP contribution in [0, 0.1) is 0 Å². The fourth-order valence-electron chi connectivity index (χ4n) is 1.95. The van der Waals surface area contributed by atoms with Gasteiger partial charge in [-0.05, 0) is 23.8 Å². The van der Waals surface area contributed by atoms with E-state index in [1.54, 1.807) is 19.3 Å². The Bertz CT molecular complexity index is 605. The first-order valence-electron chi connectivity index (χ1n) is 6.89. The average molecular weight is 280 g/mol. The van der Waals surface area contributed by atoms with E-state index in [1.165, 1.54) is 5.56 Å². The van der Waals surface area contributed by atoms with E-state index < -0.39 is 0 Å². The molecule has 0 spiro atoms. The van der Waals surface area contributed by atoms with Crippen LogP contribution in [0.3, 0.4) is 0 Å². The summed E-state index contributed by atoms with van der Waals surface area (Å²) in [4.78, 5) is 8.53. The Balaban J connectivity index is 2.03. The van der Waals surface area contributed by atoms with Crippen molar-refractivity contribution in [3.8, 4) is 11.3 Å². The molecule has 2 N–H and O–H groups in total. The minimum Gasteiger partial charge on any atom is -0.353 e. The summed E-state index contributed by atoms with van der Waals surface area (Å²) in [6.45, 7) is 5.07. The Morgan fingerprint density at radius 3 is 2.86 bits per heavy atom. The quantitative estimate of drug-likeness (QED) is 0.503. The lowest BCUT2D eigenvalue weighted by Gasteiger charge is -2.11. The lowest BCUT2D eigenvalue weighted by Crippen LogP contribution is -2.36. The van der Waals surface area contributed by atoms with Crippen molar-refractivity contribution in [2.24, 2.45) is 4.99 Å². The Morgan fingerprint density at radius 2 is 2.14 bits per heavy atom. The number of nitrogens with zero attached hydrogens (tertiary/aromatic N) is 2. The highest BCUT2D eigenvalue weighted by atomic mass is 15.2. The van der Waals surface area contributed by atoms with E-state index in [0.29, 0.717) is 13.1 Å². The van der Waals surface area contributed by atoms with Gasteiger partial charge < -0.3 is 10.6 Å². The highest BCUT2D eigenvalue weighted by Gasteiger charge is 2.01. The standard InChI is InChI=1S/C17H20N4/c1-3-10-20-17(18-2)21-13-14-7-6-8-15(12-14)16-9-4-5-11-19-16/h3-9,11-12H,1,10,13H2,2H3,(H2,18,20,21). The lowest BCUT2D eigenvalue weighted by molar-refractivity contribution is 0.847. The van der Waals surface area contributed by atoms with Gasteiger partial charge in [0.2, 0.25) is 0 Å². The van der Waals surface area contributed by atoms with E-state index in [2.05, 4.69) is 45.4 Å². The zero-order valence-electron chi connectivity index (χ0n) is 12.2. The maximum atomic E-state index is 4.37. The van der Waals surface area contributed by atoms with Crippen LogP contribution in [0.5, 0.6) is 0 Å². The second kappa shape index (κ2) is 7.85. The molecule has 0 fully saturated rings. The van der Waals surface area contributed by atoms with Gasteiger partial charge in [0.15, 0.2) is 5.96 Å². The van der Waals surface area contributed by atoms with E-state index >= 15 is 0 Å². The predicted octanol–water partition coefficient (Wildman–Crippen LogP) is 2.60. The zero-order valence-corrected chi connectivity index (χ0v) is 12.2. The smallest absolute Gasteiger partial charge is 0.191 e. The fourth-order valence-corrected chi connectivity index (χ4v) is 1.95. The van der Waals surface area contributed by atoms with Gasteiger partial charge in [-0.3, -0.25) is 9.98 Å². The number of pyridine rings is 1. The largest absolute Gasteiger partial charge is 0.353 e. The van der Waals surface area contributed by atoms with Crippen molar-refractivity contribution in [1.82, 2.24) is 15.6 Å². The number of guanidine groups is 1. The highest BCUT2D eigenvalue weighted by Crippen LogP contribution is 2.17. The SMILES string of the molecule is C=CCNC(=NC)NCc1cccc(-c2ccccn2)c1. The molecule has 0 saturated carbocycles. The van der Waals surface area contributed by atoms with Crippen molar-refractivity contribution < 1.29 is 0 Å². The van der Waals surface area contributed by atoms with Crippen LogP contribution in [-0.4, -0.2) is 24.5 Å². The lowest BCUT2D eigenvalue weighted by atomic mass is 10.1. The summed E-state index contributed by atoms with van der Waals surface area (Å²) in [6.07, 6.45) is 3.61. The maximum absolute atomic E-state index is 4.37. The normalized spacial score (nSPS) is 11.0. The minimum atomic E-state index is 0.688. The molecule has 0 unspecified atom stereocenters. The van der Waals surface area contributed by atoms with Gasteiger partial charge in [0, 0.05) is 31.9 Å². The van der Waals surface area contributed by atoms with Crippen LogP contribution in [0.4, 0.5) is 0 Å².